The number of carbonyl (C=O) groups is 2. The molecule has 1 aromatic heterocycles. The van der Waals surface area contributed by atoms with Crippen LogP contribution in [0.5, 0.6) is 0 Å². The first-order valence-corrected chi connectivity index (χ1v) is 6.67. The molecule has 2 aromatic rings. The molecule has 112 valence electrons. The van der Waals surface area contributed by atoms with Gasteiger partial charge in [0.15, 0.2) is 6.10 Å². The molecule has 0 radical (unpaired) electrons. The number of amides is 1. The minimum atomic E-state index is -0.860. The van der Waals surface area contributed by atoms with E-state index < -0.39 is 12.1 Å². The number of aromatic amines is 1. The highest BCUT2D eigenvalue weighted by molar-refractivity contribution is 5.96. The number of esters is 1. The quantitative estimate of drug-likeness (QED) is 0.623. The molecular weight excluding hydrogens is 272 g/mol. The Hall–Kier alpha value is -2.34. The van der Waals surface area contributed by atoms with Crippen molar-refractivity contribution in [3.05, 3.63) is 36.0 Å². The zero-order valence-electron chi connectivity index (χ0n) is 12.0. The maximum atomic E-state index is 12.0. The topological polar surface area (TPSA) is 80.4 Å². The molecule has 0 aliphatic heterocycles. The van der Waals surface area contributed by atoms with E-state index in [0.29, 0.717) is 18.8 Å². The number of ether oxygens (including phenoxy) is 2. The summed E-state index contributed by atoms with van der Waals surface area (Å²) in [5, 5.41) is 3.53. The van der Waals surface area contributed by atoms with Gasteiger partial charge in [0.1, 0.15) is 5.69 Å². The number of aromatic nitrogens is 1. The number of hydrogen-bond acceptors (Lipinski definition) is 4. The summed E-state index contributed by atoms with van der Waals surface area (Å²) >= 11 is 0. The number of H-pyrrole nitrogens is 1. The van der Waals surface area contributed by atoms with Crippen LogP contribution in [0.3, 0.4) is 0 Å². The van der Waals surface area contributed by atoms with E-state index in [0.717, 1.165) is 10.9 Å². The van der Waals surface area contributed by atoms with Crippen molar-refractivity contribution in [3.63, 3.8) is 0 Å². The molecule has 0 bridgehead atoms. The number of methoxy groups -OCH3 is 1. The Labute approximate surface area is 122 Å². The molecule has 2 rings (SSSR count). The number of para-hydroxylation sites is 1. The van der Waals surface area contributed by atoms with E-state index in [1.54, 1.807) is 13.2 Å². The highest BCUT2D eigenvalue weighted by Gasteiger charge is 2.19. The van der Waals surface area contributed by atoms with E-state index in [1.807, 2.05) is 24.3 Å². The van der Waals surface area contributed by atoms with Gasteiger partial charge in [0.05, 0.1) is 6.61 Å². The monoisotopic (exact) mass is 290 g/mol. The fraction of sp³-hybridized carbons (Fsp3) is 0.333. The zero-order valence-corrected chi connectivity index (χ0v) is 12.0. The van der Waals surface area contributed by atoms with Crippen molar-refractivity contribution in [2.75, 3.05) is 20.3 Å². The predicted octanol–water partition coefficient (Wildman–Crippen LogP) is 1.48. The van der Waals surface area contributed by atoms with Crippen LogP contribution in [0.15, 0.2) is 30.3 Å². The first kappa shape index (κ1) is 15.1. The third kappa shape index (κ3) is 3.82. The van der Waals surface area contributed by atoms with Crippen LogP contribution in [0.25, 0.3) is 10.9 Å². The molecule has 1 aromatic carbocycles. The molecule has 6 nitrogen and oxygen atoms in total. The lowest BCUT2D eigenvalue weighted by atomic mass is 10.2. The smallest absolute Gasteiger partial charge is 0.355 e. The lowest BCUT2D eigenvalue weighted by Crippen LogP contribution is -2.37. The molecule has 6 heteroatoms. The number of rotatable bonds is 6. The van der Waals surface area contributed by atoms with E-state index in [2.05, 4.69) is 10.3 Å². The van der Waals surface area contributed by atoms with Crippen LogP contribution in [0, 0.1) is 0 Å². The minimum absolute atomic E-state index is 0.327. The summed E-state index contributed by atoms with van der Waals surface area (Å²) in [6, 6.07) is 9.22. The van der Waals surface area contributed by atoms with Gasteiger partial charge in [0, 0.05) is 24.6 Å². The second-order valence-electron chi connectivity index (χ2n) is 4.60. The summed E-state index contributed by atoms with van der Waals surface area (Å²) in [5.41, 5.74) is 1.18. The molecule has 0 saturated heterocycles. The van der Waals surface area contributed by atoms with Gasteiger partial charge in [-0.2, -0.15) is 0 Å². The van der Waals surface area contributed by atoms with Crippen LogP contribution in [0.1, 0.15) is 17.4 Å². The maximum absolute atomic E-state index is 12.0. The first-order valence-electron chi connectivity index (χ1n) is 6.67. The van der Waals surface area contributed by atoms with Crippen LogP contribution in [0.4, 0.5) is 0 Å². The molecule has 0 fully saturated rings. The van der Waals surface area contributed by atoms with Crippen LogP contribution in [-0.4, -0.2) is 43.2 Å². The number of carbonyl (C=O) groups excluding carboxylic acids is 2. The van der Waals surface area contributed by atoms with E-state index in [1.165, 1.54) is 6.92 Å². The van der Waals surface area contributed by atoms with Gasteiger partial charge in [0.2, 0.25) is 0 Å². The number of fused-ring (bicyclic) bond motifs is 1. The highest BCUT2D eigenvalue weighted by atomic mass is 16.5. The van der Waals surface area contributed by atoms with Crippen LogP contribution in [0.2, 0.25) is 0 Å². The molecule has 0 aliphatic rings. The SMILES string of the molecule is COCCNC(=O)[C@H](C)OC(=O)c1cc2ccccc2[nH]1. The van der Waals surface area contributed by atoms with Gasteiger partial charge in [-0.15, -0.1) is 0 Å². The normalized spacial score (nSPS) is 12.1. The Morgan fingerprint density at radius 2 is 2.10 bits per heavy atom. The maximum Gasteiger partial charge on any atom is 0.355 e. The second-order valence-corrected chi connectivity index (χ2v) is 4.60. The third-order valence-electron chi connectivity index (χ3n) is 3.01. The summed E-state index contributed by atoms with van der Waals surface area (Å²) < 4.78 is 9.96. The van der Waals surface area contributed by atoms with Gasteiger partial charge in [0.25, 0.3) is 5.91 Å². The van der Waals surface area contributed by atoms with Gasteiger partial charge in [-0.25, -0.2) is 4.79 Å². The van der Waals surface area contributed by atoms with Crippen molar-refractivity contribution in [2.45, 2.75) is 13.0 Å². The van der Waals surface area contributed by atoms with Crippen molar-refractivity contribution in [1.29, 1.82) is 0 Å². The average molecular weight is 290 g/mol. The molecule has 1 heterocycles. The van der Waals surface area contributed by atoms with Crippen molar-refractivity contribution >= 4 is 22.8 Å². The molecule has 2 N–H and O–H groups in total. The van der Waals surface area contributed by atoms with Crippen LogP contribution >= 0.6 is 0 Å². The fourth-order valence-electron chi connectivity index (χ4n) is 1.88. The Morgan fingerprint density at radius 1 is 1.33 bits per heavy atom. The van der Waals surface area contributed by atoms with Crippen LogP contribution < -0.4 is 5.32 Å². The molecule has 1 amide bonds. The number of hydrogen-bond donors (Lipinski definition) is 2. The third-order valence-corrected chi connectivity index (χ3v) is 3.01. The van der Waals surface area contributed by atoms with Gasteiger partial charge >= 0.3 is 5.97 Å². The summed E-state index contributed by atoms with van der Waals surface area (Å²) in [5.74, 6) is -0.905. The summed E-state index contributed by atoms with van der Waals surface area (Å²) in [7, 11) is 1.55. The summed E-state index contributed by atoms with van der Waals surface area (Å²) in [4.78, 5) is 26.7. The number of benzene rings is 1. The molecule has 1 atom stereocenters. The molecule has 21 heavy (non-hydrogen) atoms. The van der Waals surface area contributed by atoms with Gasteiger partial charge in [-0.3, -0.25) is 4.79 Å². The van der Waals surface area contributed by atoms with E-state index in [-0.39, 0.29) is 5.91 Å². The first-order chi connectivity index (χ1) is 10.1. The largest absolute Gasteiger partial charge is 0.448 e. The Morgan fingerprint density at radius 3 is 2.81 bits per heavy atom. The number of nitrogens with one attached hydrogen (secondary N) is 2. The fourth-order valence-corrected chi connectivity index (χ4v) is 1.88. The van der Waals surface area contributed by atoms with Crippen molar-refractivity contribution in [3.8, 4) is 0 Å². The lowest BCUT2D eigenvalue weighted by molar-refractivity contribution is -0.129. The highest BCUT2D eigenvalue weighted by Crippen LogP contribution is 2.15. The van der Waals surface area contributed by atoms with Crippen LogP contribution in [-0.2, 0) is 14.3 Å². The Kier molecular flexibility index (Phi) is 4.94. The lowest BCUT2D eigenvalue weighted by Gasteiger charge is -2.12. The average Bonchev–Trinajstić information content (AvgIpc) is 2.91. The Bertz CT molecular complexity index is 602. The van der Waals surface area contributed by atoms with Gasteiger partial charge in [-0.05, 0) is 19.1 Å². The van der Waals surface area contributed by atoms with E-state index in [4.69, 9.17) is 9.47 Å². The van der Waals surface area contributed by atoms with Crippen molar-refractivity contribution < 1.29 is 19.1 Å². The Balaban J connectivity index is 1.95. The van der Waals surface area contributed by atoms with Gasteiger partial charge < -0.3 is 19.8 Å². The van der Waals surface area contributed by atoms with Crippen molar-refractivity contribution in [1.82, 2.24) is 10.3 Å². The zero-order chi connectivity index (χ0) is 15.2. The summed E-state index contributed by atoms with van der Waals surface area (Å²) in [6.07, 6.45) is -0.860. The predicted molar refractivity (Wildman–Crippen MR) is 78.1 cm³/mol. The van der Waals surface area contributed by atoms with Gasteiger partial charge in [-0.1, -0.05) is 18.2 Å². The van der Waals surface area contributed by atoms with E-state index in [9.17, 15) is 9.59 Å². The second kappa shape index (κ2) is 6.90. The minimum Gasteiger partial charge on any atom is -0.448 e. The standard InChI is InChI=1S/C15H18N2O4/c1-10(14(18)16-7-8-20-2)21-15(19)13-9-11-5-3-4-6-12(11)17-13/h3-6,9-10,17H,7-8H2,1-2H3,(H,16,18)/t10-/m0/s1. The molecule has 0 aliphatic carbocycles. The summed E-state index contributed by atoms with van der Waals surface area (Å²) in [6.45, 7) is 2.32. The van der Waals surface area contributed by atoms with Crippen molar-refractivity contribution in [2.24, 2.45) is 0 Å². The molecule has 0 spiro atoms. The van der Waals surface area contributed by atoms with E-state index >= 15 is 0 Å². The molecule has 0 saturated carbocycles. The molecular formula is C15H18N2O4. The molecule has 0 unspecified atom stereocenters.